The van der Waals surface area contributed by atoms with Crippen molar-refractivity contribution in [2.24, 2.45) is 0 Å². The highest BCUT2D eigenvalue weighted by molar-refractivity contribution is 5.48. The van der Waals surface area contributed by atoms with Crippen molar-refractivity contribution in [2.75, 3.05) is 5.73 Å². The van der Waals surface area contributed by atoms with E-state index in [4.69, 9.17) is 16.9 Å². The van der Waals surface area contributed by atoms with Gasteiger partial charge in [0, 0.05) is 6.20 Å². The highest BCUT2D eigenvalue weighted by atomic mass is 16.6. The van der Waals surface area contributed by atoms with Crippen LogP contribution in [0.25, 0.3) is 0 Å². The van der Waals surface area contributed by atoms with Crippen LogP contribution >= 0.6 is 0 Å². The van der Waals surface area contributed by atoms with Gasteiger partial charge in [-0.2, -0.15) is 4.98 Å². The fourth-order valence-electron chi connectivity index (χ4n) is 2.86. The first kappa shape index (κ1) is 13.1. The maximum atomic E-state index is 11.8. The van der Waals surface area contributed by atoms with Gasteiger partial charge in [-0.05, 0) is 13.0 Å². The van der Waals surface area contributed by atoms with Crippen LogP contribution in [0.5, 0.6) is 0 Å². The van der Waals surface area contributed by atoms with E-state index >= 15 is 0 Å². The standard InChI is InChI=1S/C12H13N3O5/c1-3-11-7(16)12(11,19)10(2,18)8(20-11)15-5-4-6(13)14-9(15)17/h1,4-5,7-8,16,18-19H,2H3,(H2,13,14,17)/t7?,8-,10+,11-,12-/m1/s1. The summed E-state index contributed by atoms with van der Waals surface area (Å²) in [6.07, 6.45) is 3.84. The first-order valence-electron chi connectivity index (χ1n) is 5.85. The normalized spacial score (nSPS) is 45.8. The van der Waals surface area contributed by atoms with Crippen molar-refractivity contribution in [3.8, 4) is 12.3 Å². The summed E-state index contributed by atoms with van der Waals surface area (Å²) in [5.41, 5.74) is -1.13. The molecule has 0 amide bonds. The van der Waals surface area contributed by atoms with E-state index in [-0.39, 0.29) is 5.82 Å². The molecule has 8 nitrogen and oxygen atoms in total. The molecule has 106 valence electrons. The van der Waals surface area contributed by atoms with Gasteiger partial charge in [-0.3, -0.25) is 4.57 Å². The lowest BCUT2D eigenvalue weighted by atomic mass is 9.94. The smallest absolute Gasteiger partial charge is 0.351 e. The second-order valence-corrected chi connectivity index (χ2v) is 5.21. The number of fused-ring (bicyclic) bond motifs is 1. The molecule has 0 spiro atoms. The second kappa shape index (κ2) is 3.39. The van der Waals surface area contributed by atoms with E-state index in [9.17, 15) is 20.1 Å². The van der Waals surface area contributed by atoms with E-state index in [1.807, 2.05) is 0 Å². The molecule has 2 heterocycles. The molecule has 0 aromatic carbocycles. The van der Waals surface area contributed by atoms with Crippen molar-refractivity contribution in [3.63, 3.8) is 0 Å². The molecule has 1 aromatic heterocycles. The lowest BCUT2D eigenvalue weighted by Gasteiger charge is -2.31. The molecule has 1 aliphatic carbocycles. The number of aromatic nitrogens is 2. The first-order valence-corrected chi connectivity index (χ1v) is 5.85. The molecule has 0 radical (unpaired) electrons. The molecule has 2 aliphatic rings. The number of hydrogen-bond acceptors (Lipinski definition) is 7. The molecule has 1 saturated heterocycles. The van der Waals surface area contributed by atoms with Crippen molar-refractivity contribution in [1.82, 2.24) is 9.55 Å². The Bertz CT molecular complexity index is 693. The quantitative estimate of drug-likeness (QED) is 0.421. The van der Waals surface area contributed by atoms with E-state index in [1.165, 1.54) is 19.2 Å². The number of anilines is 1. The summed E-state index contributed by atoms with van der Waals surface area (Å²) < 4.78 is 6.37. The second-order valence-electron chi connectivity index (χ2n) is 5.21. The Labute approximate surface area is 113 Å². The topological polar surface area (TPSA) is 131 Å². The zero-order valence-electron chi connectivity index (χ0n) is 10.5. The molecule has 0 bridgehead atoms. The zero-order valence-corrected chi connectivity index (χ0v) is 10.5. The van der Waals surface area contributed by atoms with Crippen LogP contribution in [0.15, 0.2) is 17.1 Å². The van der Waals surface area contributed by atoms with Gasteiger partial charge in [0.15, 0.2) is 17.4 Å². The van der Waals surface area contributed by atoms with Gasteiger partial charge in [-0.1, -0.05) is 5.92 Å². The fraction of sp³-hybridized carbons (Fsp3) is 0.500. The molecule has 3 rings (SSSR count). The maximum Gasteiger partial charge on any atom is 0.351 e. The average molecular weight is 279 g/mol. The number of aliphatic hydroxyl groups excluding tert-OH is 1. The lowest BCUT2D eigenvalue weighted by molar-refractivity contribution is -0.163. The van der Waals surface area contributed by atoms with Crippen molar-refractivity contribution < 1.29 is 20.1 Å². The van der Waals surface area contributed by atoms with Crippen molar-refractivity contribution in [1.29, 1.82) is 0 Å². The summed E-state index contributed by atoms with van der Waals surface area (Å²) in [6.45, 7) is 1.23. The minimum atomic E-state index is -2.04. The highest BCUT2D eigenvalue weighted by Crippen LogP contribution is 2.66. The summed E-state index contributed by atoms with van der Waals surface area (Å²) in [4.78, 5) is 15.3. The van der Waals surface area contributed by atoms with Crippen LogP contribution in [0.2, 0.25) is 0 Å². The molecule has 1 unspecified atom stereocenters. The zero-order chi connectivity index (χ0) is 14.9. The van der Waals surface area contributed by atoms with Gasteiger partial charge in [-0.25, -0.2) is 4.79 Å². The first-order chi connectivity index (χ1) is 9.22. The van der Waals surface area contributed by atoms with E-state index in [1.54, 1.807) is 0 Å². The monoisotopic (exact) mass is 279 g/mol. The van der Waals surface area contributed by atoms with E-state index < -0.39 is 34.8 Å². The van der Waals surface area contributed by atoms with Crippen LogP contribution in [0.4, 0.5) is 5.82 Å². The molecule has 5 atom stereocenters. The summed E-state index contributed by atoms with van der Waals surface area (Å²) in [7, 11) is 0. The molecule has 8 heteroatoms. The van der Waals surface area contributed by atoms with Gasteiger partial charge in [0.1, 0.15) is 17.5 Å². The largest absolute Gasteiger partial charge is 0.386 e. The van der Waals surface area contributed by atoms with Crippen LogP contribution in [-0.2, 0) is 4.74 Å². The third kappa shape index (κ3) is 1.12. The molecule has 5 N–H and O–H groups in total. The number of nitrogen functional groups attached to an aromatic ring is 1. The van der Waals surface area contributed by atoms with Gasteiger partial charge in [0.05, 0.1) is 0 Å². The minimum absolute atomic E-state index is 0.0134. The molecule has 20 heavy (non-hydrogen) atoms. The minimum Gasteiger partial charge on any atom is -0.386 e. The van der Waals surface area contributed by atoms with E-state index in [2.05, 4.69) is 10.9 Å². The Hall–Kier alpha value is -1.92. The SMILES string of the molecule is C#C[C@]12O[C@@H](n3ccc(N)nc3=O)[C@](C)(O)[C@]1(O)C2O. The Morgan fingerprint density at radius 3 is 2.75 bits per heavy atom. The number of terminal acetylenes is 1. The van der Waals surface area contributed by atoms with Crippen molar-refractivity contribution in [3.05, 3.63) is 22.7 Å². The van der Waals surface area contributed by atoms with Crippen LogP contribution in [0.1, 0.15) is 13.2 Å². The molecule has 1 aromatic rings. The van der Waals surface area contributed by atoms with Gasteiger partial charge < -0.3 is 25.8 Å². The van der Waals surface area contributed by atoms with Crippen LogP contribution in [0.3, 0.4) is 0 Å². The number of rotatable bonds is 1. The fourth-order valence-corrected chi connectivity index (χ4v) is 2.86. The van der Waals surface area contributed by atoms with Gasteiger partial charge >= 0.3 is 5.69 Å². The maximum absolute atomic E-state index is 11.8. The van der Waals surface area contributed by atoms with Crippen molar-refractivity contribution in [2.45, 2.75) is 36.1 Å². The Morgan fingerprint density at radius 1 is 1.60 bits per heavy atom. The molecule has 1 saturated carbocycles. The Kier molecular flexibility index (Phi) is 2.22. The Morgan fingerprint density at radius 2 is 2.25 bits per heavy atom. The number of hydrogen-bond donors (Lipinski definition) is 4. The number of nitrogens with two attached hydrogens (primary N) is 1. The molecular weight excluding hydrogens is 266 g/mol. The summed E-state index contributed by atoms with van der Waals surface area (Å²) >= 11 is 0. The molecular formula is C12H13N3O5. The number of nitrogens with zero attached hydrogens (tertiary/aromatic N) is 2. The van der Waals surface area contributed by atoms with Gasteiger partial charge in [0.25, 0.3) is 0 Å². The van der Waals surface area contributed by atoms with Crippen LogP contribution < -0.4 is 11.4 Å². The summed E-state index contributed by atoms with van der Waals surface area (Å²) in [5.74, 6) is 2.16. The molecule has 1 aliphatic heterocycles. The van der Waals surface area contributed by atoms with E-state index in [0.717, 1.165) is 4.57 Å². The van der Waals surface area contributed by atoms with Gasteiger partial charge in [-0.15, -0.1) is 6.42 Å². The predicted octanol–water partition coefficient (Wildman–Crippen LogP) is -2.42. The van der Waals surface area contributed by atoms with E-state index in [0.29, 0.717) is 0 Å². The highest BCUT2D eigenvalue weighted by Gasteiger charge is 2.91. The Balaban J connectivity index is 2.11. The summed E-state index contributed by atoms with van der Waals surface area (Å²) in [6, 6.07) is 1.34. The lowest BCUT2D eigenvalue weighted by Crippen LogP contribution is -2.50. The van der Waals surface area contributed by atoms with Crippen molar-refractivity contribution >= 4 is 5.82 Å². The van der Waals surface area contributed by atoms with Crippen LogP contribution in [-0.4, -0.2) is 47.8 Å². The van der Waals surface area contributed by atoms with Crippen LogP contribution in [0, 0.1) is 12.3 Å². The third-order valence-electron chi connectivity index (χ3n) is 4.13. The van der Waals surface area contributed by atoms with Gasteiger partial charge in [0.2, 0.25) is 0 Å². The number of aliphatic hydroxyl groups is 3. The summed E-state index contributed by atoms with van der Waals surface area (Å²) in [5, 5.41) is 30.6. The predicted molar refractivity (Wildman–Crippen MR) is 66.2 cm³/mol. The third-order valence-corrected chi connectivity index (χ3v) is 4.13. The number of ether oxygens (including phenoxy) is 1. The average Bonchev–Trinajstić information content (AvgIpc) is 2.78. The molecule has 2 fully saturated rings.